The molecule has 0 N–H and O–H groups in total. The summed E-state index contributed by atoms with van der Waals surface area (Å²) in [6, 6.07) is 0. The van der Waals surface area contributed by atoms with Crippen LogP contribution in [0.3, 0.4) is 0 Å². The Morgan fingerprint density at radius 1 is 1.40 bits per heavy atom. The van der Waals surface area contributed by atoms with Crippen molar-refractivity contribution in [1.82, 2.24) is 4.57 Å². The van der Waals surface area contributed by atoms with E-state index in [1.165, 1.54) is 32.2 Å². The molecule has 0 saturated carbocycles. The molecule has 0 aliphatic rings. The largest absolute Gasteiger partial charge is 0.554 e. The minimum absolute atomic E-state index is 0.500. The van der Waals surface area contributed by atoms with Crippen molar-refractivity contribution in [3.05, 3.63) is 18.7 Å². The van der Waals surface area contributed by atoms with Gasteiger partial charge in [-0.15, -0.1) is 0 Å². The fourth-order valence-electron chi connectivity index (χ4n) is 1.36. The second-order valence-electron chi connectivity index (χ2n) is 3.47. The minimum Gasteiger partial charge on any atom is -0.554 e. The maximum atomic E-state index is 8.25. The number of carbonyl (C=O) groups is 1. The van der Waals surface area contributed by atoms with Gasteiger partial charge in [0.1, 0.15) is 12.4 Å². The van der Waals surface area contributed by atoms with E-state index in [2.05, 4.69) is 41.8 Å². The van der Waals surface area contributed by atoms with Crippen LogP contribution in [0.1, 0.15) is 32.6 Å². The Balaban J connectivity index is 0.000000583. The van der Waals surface area contributed by atoms with Crippen molar-refractivity contribution >= 4 is 6.47 Å². The summed E-state index contributed by atoms with van der Waals surface area (Å²) in [4.78, 5) is 8.25. The van der Waals surface area contributed by atoms with E-state index in [-0.39, 0.29) is 0 Å². The van der Waals surface area contributed by atoms with Crippen LogP contribution < -0.4 is 9.67 Å². The molecule has 4 nitrogen and oxygen atoms in total. The zero-order chi connectivity index (χ0) is 11.5. The van der Waals surface area contributed by atoms with Gasteiger partial charge in [0, 0.05) is 6.47 Å². The van der Waals surface area contributed by atoms with Crippen LogP contribution in [0, 0.1) is 0 Å². The first kappa shape index (κ1) is 13.7. The summed E-state index contributed by atoms with van der Waals surface area (Å²) in [6.07, 6.45) is 11.7. The van der Waals surface area contributed by atoms with Gasteiger partial charge in [-0.1, -0.05) is 19.8 Å². The van der Waals surface area contributed by atoms with E-state index in [1.54, 1.807) is 0 Å². The van der Waals surface area contributed by atoms with Crippen molar-refractivity contribution in [3.63, 3.8) is 0 Å². The van der Waals surface area contributed by atoms with Crippen molar-refractivity contribution in [2.75, 3.05) is 0 Å². The Hall–Kier alpha value is -1.32. The van der Waals surface area contributed by atoms with Gasteiger partial charge < -0.3 is 9.90 Å². The lowest BCUT2D eigenvalue weighted by atomic mass is 10.2. The summed E-state index contributed by atoms with van der Waals surface area (Å²) in [5.74, 6) is 0. The van der Waals surface area contributed by atoms with E-state index in [9.17, 15) is 0 Å². The fraction of sp³-hybridized carbons (Fsp3) is 0.636. The average molecular weight is 212 g/mol. The molecule has 4 heteroatoms. The molecule has 0 bridgehead atoms. The molecule has 0 atom stereocenters. The van der Waals surface area contributed by atoms with Crippen LogP contribution in [0.25, 0.3) is 0 Å². The Morgan fingerprint density at radius 2 is 2.07 bits per heavy atom. The molecule has 0 radical (unpaired) electrons. The van der Waals surface area contributed by atoms with Gasteiger partial charge in [-0.25, -0.2) is 9.13 Å². The van der Waals surface area contributed by atoms with Gasteiger partial charge in [0.25, 0.3) is 0 Å². The summed E-state index contributed by atoms with van der Waals surface area (Å²) in [6.45, 7) is 2.91. The Morgan fingerprint density at radius 3 is 2.53 bits per heavy atom. The smallest absolute Gasteiger partial charge is 0.243 e. The van der Waals surface area contributed by atoms with E-state index >= 15 is 0 Å². The third-order valence-corrected chi connectivity index (χ3v) is 2.09. The fourth-order valence-corrected chi connectivity index (χ4v) is 1.36. The Kier molecular flexibility index (Phi) is 8.43. The highest BCUT2D eigenvalue weighted by Crippen LogP contribution is 2.00. The lowest BCUT2D eigenvalue weighted by molar-refractivity contribution is -0.671. The zero-order valence-corrected chi connectivity index (χ0v) is 9.56. The molecule has 0 spiro atoms. The third kappa shape index (κ3) is 7.73. The molecule has 0 aromatic carbocycles. The highest BCUT2D eigenvalue weighted by atomic mass is 16.3. The average Bonchev–Trinajstić information content (AvgIpc) is 2.60. The van der Waals surface area contributed by atoms with Crippen molar-refractivity contribution in [2.24, 2.45) is 7.05 Å². The predicted molar refractivity (Wildman–Crippen MR) is 55.8 cm³/mol. The number of imidazole rings is 1. The summed E-state index contributed by atoms with van der Waals surface area (Å²) in [5.41, 5.74) is 0. The number of carboxylic acid groups (broad SMARTS) is 1. The maximum absolute atomic E-state index is 8.25. The highest BCUT2D eigenvalue weighted by molar-refractivity contribution is 5.29. The lowest BCUT2D eigenvalue weighted by Gasteiger charge is -1.95. The van der Waals surface area contributed by atoms with Gasteiger partial charge in [0.2, 0.25) is 6.33 Å². The number of rotatable bonds is 5. The molecule has 15 heavy (non-hydrogen) atoms. The monoisotopic (exact) mass is 212 g/mol. The van der Waals surface area contributed by atoms with Gasteiger partial charge in [-0.3, -0.25) is 0 Å². The van der Waals surface area contributed by atoms with E-state index < -0.39 is 6.47 Å². The summed E-state index contributed by atoms with van der Waals surface area (Å²) in [7, 11) is 2.06. The number of carbonyl (C=O) groups excluding carboxylic acids is 1. The molecule has 0 aliphatic carbocycles. The van der Waals surface area contributed by atoms with Crippen molar-refractivity contribution < 1.29 is 14.5 Å². The SMILES string of the molecule is CCCCCCn1cc[n+](C)c1.O=C[O-]. The number of unbranched alkanes of at least 4 members (excludes halogenated alkanes) is 3. The zero-order valence-electron chi connectivity index (χ0n) is 9.56. The Bertz CT molecular complexity index is 259. The maximum Gasteiger partial charge on any atom is 0.243 e. The van der Waals surface area contributed by atoms with Crippen LogP contribution in [0.15, 0.2) is 18.7 Å². The van der Waals surface area contributed by atoms with E-state index in [4.69, 9.17) is 9.90 Å². The van der Waals surface area contributed by atoms with Crippen LogP contribution in [0.5, 0.6) is 0 Å². The molecule has 0 saturated heterocycles. The molecule has 1 rings (SSSR count). The first-order valence-corrected chi connectivity index (χ1v) is 5.31. The molecule has 0 amide bonds. The molecular weight excluding hydrogens is 192 g/mol. The molecule has 86 valence electrons. The van der Waals surface area contributed by atoms with Crippen molar-refractivity contribution in [2.45, 2.75) is 39.2 Å². The number of hydrogen-bond donors (Lipinski definition) is 0. The molecule has 1 aromatic heterocycles. The molecular formula is C11H20N2O2. The normalized spacial score (nSPS) is 9.20. The van der Waals surface area contributed by atoms with E-state index in [1.807, 2.05) is 0 Å². The first-order chi connectivity index (χ1) is 7.24. The number of aryl methyl sites for hydroxylation is 2. The number of aromatic nitrogens is 2. The molecule has 0 unspecified atom stereocenters. The summed E-state index contributed by atoms with van der Waals surface area (Å²) in [5, 5.41) is 8.25. The summed E-state index contributed by atoms with van der Waals surface area (Å²) >= 11 is 0. The molecule has 0 aliphatic heterocycles. The number of hydrogen-bond acceptors (Lipinski definition) is 2. The van der Waals surface area contributed by atoms with Gasteiger partial charge in [0.05, 0.1) is 13.6 Å². The second-order valence-corrected chi connectivity index (χ2v) is 3.47. The lowest BCUT2D eigenvalue weighted by Crippen LogP contribution is -2.23. The van der Waals surface area contributed by atoms with Crippen LogP contribution in [-0.4, -0.2) is 11.0 Å². The van der Waals surface area contributed by atoms with E-state index in [0.29, 0.717) is 0 Å². The topological polar surface area (TPSA) is 48.9 Å². The van der Waals surface area contributed by atoms with Crippen LogP contribution in [0.2, 0.25) is 0 Å². The van der Waals surface area contributed by atoms with Crippen molar-refractivity contribution in [3.8, 4) is 0 Å². The molecule has 1 heterocycles. The quantitative estimate of drug-likeness (QED) is 0.399. The van der Waals surface area contributed by atoms with Gasteiger partial charge >= 0.3 is 0 Å². The molecule has 0 fully saturated rings. The van der Waals surface area contributed by atoms with E-state index in [0.717, 1.165) is 0 Å². The number of nitrogens with zero attached hydrogens (tertiary/aromatic N) is 2. The second kappa shape index (κ2) is 9.24. The highest BCUT2D eigenvalue weighted by Gasteiger charge is 1.97. The van der Waals surface area contributed by atoms with Crippen LogP contribution >= 0.6 is 0 Å². The van der Waals surface area contributed by atoms with Crippen LogP contribution in [-0.2, 0) is 18.4 Å². The first-order valence-electron chi connectivity index (χ1n) is 5.31. The Labute approximate surface area is 91.2 Å². The van der Waals surface area contributed by atoms with Gasteiger partial charge in [0.15, 0.2) is 0 Å². The van der Waals surface area contributed by atoms with Crippen LogP contribution in [0.4, 0.5) is 0 Å². The van der Waals surface area contributed by atoms with Crippen molar-refractivity contribution in [1.29, 1.82) is 0 Å². The standard InChI is InChI=1S/C10H19N2.CH2O2/c1-3-4-5-6-7-12-9-8-11(2)10-12;2-1-3/h8-10H,3-7H2,1-2H3;1H,(H,2,3)/q+1;/p-1. The van der Waals surface area contributed by atoms with Gasteiger partial charge in [-0.05, 0) is 12.8 Å². The third-order valence-electron chi connectivity index (χ3n) is 2.09. The predicted octanol–water partition coefficient (Wildman–Crippen LogP) is 0.259. The minimum atomic E-state index is -0.500. The van der Waals surface area contributed by atoms with Gasteiger partial charge in [-0.2, -0.15) is 0 Å². The summed E-state index contributed by atoms with van der Waals surface area (Å²) < 4.78 is 4.33. The molecule has 1 aromatic rings.